The molecule has 0 unspecified atom stereocenters. The summed E-state index contributed by atoms with van der Waals surface area (Å²) < 4.78 is 12.9. The Kier molecular flexibility index (Phi) is 8.10. The summed E-state index contributed by atoms with van der Waals surface area (Å²) >= 11 is 1.63. The number of carbonyl (C=O) groups excluding carboxylic acids is 1. The van der Waals surface area contributed by atoms with Crippen LogP contribution in [0.15, 0.2) is 30.6 Å². The Morgan fingerprint density at radius 3 is 2.44 bits per heavy atom. The van der Waals surface area contributed by atoms with E-state index in [9.17, 15) is 4.79 Å². The highest BCUT2D eigenvalue weighted by Crippen LogP contribution is 2.34. The average molecular weight is 551 g/mol. The molecule has 3 fully saturated rings. The van der Waals surface area contributed by atoms with Gasteiger partial charge in [0.15, 0.2) is 0 Å². The quantitative estimate of drug-likeness (QED) is 0.434. The van der Waals surface area contributed by atoms with Crippen LogP contribution < -0.4 is 14.5 Å². The first-order valence-electron chi connectivity index (χ1n) is 14.4. The maximum atomic E-state index is 12.9. The summed E-state index contributed by atoms with van der Waals surface area (Å²) in [6.07, 6.45) is 9.86. The Morgan fingerprint density at radius 1 is 1.00 bits per heavy atom. The number of ether oxygens (including phenoxy) is 2. The molecule has 0 spiro atoms. The third-order valence-electron chi connectivity index (χ3n) is 8.11. The van der Waals surface area contributed by atoms with Crippen LogP contribution >= 0.6 is 11.3 Å². The van der Waals surface area contributed by atoms with Crippen LogP contribution in [0.1, 0.15) is 44.6 Å². The molecule has 39 heavy (non-hydrogen) atoms. The molecule has 0 radical (unpaired) electrons. The number of aryl methyl sites for hydroxylation is 1. The molecular weight excluding hydrogens is 512 g/mol. The Morgan fingerprint density at radius 2 is 1.72 bits per heavy atom. The topological polar surface area (TPSA) is 83.9 Å². The first kappa shape index (κ1) is 26.3. The zero-order valence-electron chi connectivity index (χ0n) is 22.8. The van der Waals surface area contributed by atoms with E-state index < -0.39 is 0 Å². The van der Waals surface area contributed by atoms with Crippen LogP contribution in [0.4, 0.5) is 11.6 Å². The third kappa shape index (κ3) is 6.11. The van der Waals surface area contributed by atoms with Gasteiger partial charge in [0.25, 0.3) is 5.19 Å². The number of aromatic nitrogens is 3. The molecule has 5 heterocycles. The molecule has 1 aromatic carbocycles. The maximum absolute atomic E-state index is 12.9. The lowest BCUT2D eigenvalue weighted by atomic mass is 9.94. The van der Waals surface area contributed by atoms with Gasteiger partial charge in [-0.3, -0.25) is 4.79 Å². The van der Waals surface area contributed by atoms with Gasteiger partial charge in [0.05, 0.1) is 23.4 Å². The van der Waals surface area contributed by atoms with E-state index >= 15 is 0 Å². The molecule has 0 N–H and O–H groups in total. The van der Waals surface area contributed by atoms with E-state index in [0.717, 1.165) is 99.2 Å². The number of hydrogen-bond donors (Lipinski definition) is 0. The summed E-state index contributed by atoms with van der Waals surface area (Å²) in [5.41, 5.74) is 3.38. The molecule has 3 aliphatic rings. The second kappa shape index (κ2) is 12.0. The number of carbonyl (C=O) groups is 1. The van der Waals surface area contributed by atoms with Crippen molar-refractivity contribution in [3.8, 4) is 5.19 Å². The number of thiazole rings is 1. The van der Waals surface area contributed by atoms with Crippen molar-refractivity contribution < 1.29 is 14.3 Å². The van der Waals surface area contributed by atoms with Gasteiger partial charge in [-0.2, -0.15) is 0 Å². The zero-order chi connectivity index (χ0) is 26.6. The summed E-state index contributed by atoms with van der Waals surface area (Å²) in [7, 11) is 0. The molecule has 10 heteroatoms. The van der Waals surface area contributed by atoms with Gasteiger partial charge >= 0.3 is 0 Å². The second-order valence-corrected chi connectivity index (χ2v) is 11.8. The lowest BCUT2D eigenvalue weighted by Crippen LogP contribution is -2.46. The van der Waals surface area contributed by atoms with E-state index in [1.54, 1.807) is 11.3 Å². The number of benzene rings is 1. The summed E-state index contributed by atoms with van der Waals surface area (Å²) in [5, 5.41) is 0.746. The van der Waals surface area contributed by atoms with Gasteiger partial charge < -0.3 is 24.2 Å². The molecule has 3 aliphatic heterocycles. The SMILES string of the molecule is CCCc1cnc(N2CCC(Oc3nc4ccc(N5CCC(C(=O)N6CCOCC6)CC5)cc4s3)CC2)nc1. The number of fused-ring (bicyclic) bond motifs is 1. The van der Waals surface area contributed by atoms with Crippen molar-refractivity contribution in [2.45, 2.75) is 51.6 Å². The minimum absolute atomic E-state index is 0.130. The number of anilines is 2. The van der Waals surface area contributed by atoms with Gasteiger partial charge in [0.1, 0.15) is 6.10 Å². The van der Waals surface area contributed by atoms with Crippen molar-refractivity contribution in [2.24, 2.45) is 5.92 Å². The third-order valence-corrected chi connectivity index (χ3v) is 9.02. The number of amides is 1. The largest absolute Gasteiger partial charge is 0.467 e. The van der Waals surface area contributed by atoms with Crippen LogP contribution in [0.25, 0.3) is 10.2 Å². The van der Waals surface area contributed by atoms with Gasteiger partial charge in [0.2, 0.25) is 11.9 Å². The Labute approximate surface area is 234 Å². The minimum Gasteiger partial charge on any atom is -0.467 e. The molecule has 0 saturated carbocycles. The van der Waals surface area contributed by atoms with Crippen molar-refractivity contribution in [1.82, 2.24) is 19.9 Å². The molecule has 6 rings (SSSR count). The van der Waals surface area contributed by atoms with E-state index in [1.165, 1.54) is 11.3 Å². The number of morpholine rings is 1. The van der Waals surface area contributed by atoms with E-state index in [0.29, 0.717) is 19.1 Å². The molecule has 9 nitrogen and oxygen atoms in total. The first-order valence-corrected chi connectivity index (χ1v) is 15.2. The van der Waals surface area contributed by atoms with Gasteiger partial charge in [-0.05, 0) is 43.0 Å². The fraction of sp³-hybridized carbons (Fsp3) is 0.586. The zero-order valence-corrected chi connectivity index (χ0v) is 23.6. The molecule has 0 aliphatic carbocycles. The van der Waals surface area contributed by atoms with Crippen LogP contribution in [0, 0.1) is 5.92 Å². The predicted molar refractivity (Wildman–Crippen MR) is 154 cm³/mol. The fourth-order valence-electron chi connectivity index (χ4n) is 5.81. The molecule has 3 aromatic rings. The summed E-state index contributed by atoms with van der Waals surface area (Å²) in [5.74, 6) is 1.25. The van der Waals surface area contributed by atoms with Crippen LogP contribution in [-0.4, -0.2) is 84.3 Å². The minimum atomic E-state index is 0.130. The molecule has 1 amide bonds. The summed E-state index contributed by atoms with van der Waals surface area (Å²) in [6.45, 7) is 8.52. The number of piperidine rings is 2. The van der Waals surface area contributed by atoms with Crippen molar-refractivity contribution >= 4 is 39.1 Å². The lowest BCUT2D eigenvalue weighted by Gasteiger charge is -2.36. The second-order valence-electron chi connectivity index (χ2n) is 10.8. The van der Waals surface area contributed by atoms with Gasteiger partial charge in [0, 0.05) is 76.1 Å². The standard InChI is InChI=1S/C29H38N6O3S/c1-2-3-21-19-30-28(31-20-21)35-12-8-24(9-13-35)38-29-32-25-5-4-23(18-26(25)39-29)33-10-6-22(7-11-33)27(36)34-14-16-37-17-15-34/h4-5,18-20,22,24H,2-3,6-17H2,1H3. The van der Waals surface area contributed by atoms with Crippen LogP contribution in [0.5, 0.6) is 5.19 Å². The fourth-order valence-corrected chi connectivity index (χ4v) is 6.73. The molecule has 0 atom stereocenters. The van der Waals surface area contributed by atoms with Crippen molar-refractivity contribution in [3.05, 3.63) is 36.2 Å². The van der Waals surface area contributed by atoms with E-state index in [2.05, 4.69) is 44.9 Å². The molecule has 208 valence electrons. The smallest absolute Gasteiger partial charge is 0.274 e. The lowest BCUT2D eigenvalue weighted by molar-refractivity contribution is -0.140. The summed E-state index contributed by atoms with van der Waals surface area (Å²) in [4.78, 5) is 33.4. The highest BCUT2D eigenvalue weighted by Gasteiger charge is 2.30. The normalized spacial score (nSPS) is 19.6. The van der Waals surface area contributed by atoms with Crippen molar-refractivity contribution in [1.29, 1.82) is 0 Å². The average Bonchev–Trinajstić information content (AvgIpc) is 3.40. The molecular formula is C29H38N6O3S. The molecule has 2 aromatic heterocycles. The van der Waals surface area contributed by atoms with Crippen LogP contribution in [0.3, 0.4) is 0 Å². The number of rotatable bonds is 7. The van der Waals surface area contributed by atoms with Crippen LogP contribution in [-0.2, 0) is 16.0 Å². The Bertz CT molecular complexity index is 1250. The molecule has 0 bridgehead atoms. The highest BCUT2D eigenvalue weighted by molar-refractivity contribution is 7.20. The number of hydrogen-bond acceptors (Lipinski definition) is 9. The highest BCUT2D eigenvalue weighted by atomic mass is 32.1. The van der Waals surface area contributed by atoms with Gasteiger partial charge in [-0.25, -0.2) is 15.0 Å². The Hall–Kier alpha value is -2.98. The monoisotopic (exact) mass is 550 g/mol. The van der Waals surface area contributed by atoms with Gasteiger partial charge in [-0.1, -0.05) is 24.7 Å². The molecule has 3 saturated heterocycles. The van der Waals surface area contributed by atoms with Crippen LogP contribution in [0.2, 0.25) is 0 Å². The van der Waals surface area contributed by atoms with E-state index in [4.69, 9.17) is 14.5 Å². The van der Waals surface area contributed by atoms with Gasteiger partial charge in [-0.15, -0.1) is 0 Å². The Balaban J connectivity index is 1.01. The first-order chi connectivity index (χ1) is 19.2. The van der Waals surface area contributed by atoms with Crippen molar-refractivity contribution in [3.63, 3.8) is 0 Å². The number of nitrogens with zero attached hydrogens (tertiary/aromatic N) is 6. The van der Waals surface area contributed by atoms with E-state index in [1.807, 2.05) is 17.3 Å². The van der Waals surface area contributed by atoms with Crippen molar-refractivity contribution in [2.75, 3.05) is 62.3 Å². The van der Waals surface area contributed by atoms with E-state index in [-0.39, 0.29) is 12.0 Å². The summed E-state index contributed by atoms with van der Waals surface area (Å²) in [6, 6.07) is 6.48. The predicted octanol–water partition coefficient (Wildman–Crippen LogP) is 4.16. The maximum Gasteiger partial charge on any atom is 0.274 e.